The fourth-order valence-electron chi connectivity index (χ4n) is 2.13. The molecule has 1 amide bonds. The van der Waals surface area contributed by atoms with E-state index in [2.05, 4.69) is 5.32 Å². The van der Waals surface area contributed by atoms with Crippen molar-refractivity contribution >= 4 is 17.3 Å². The quantitative estimate of drug-likeness (QED) is 0.853. The summed E-state index contributed by atoms with van der Waals surface area (Å²) in [6, 6.07) is 5.74. The molecular formula is C14H21N3O2. The Kier molecular flexibility index (Phi) is 4.07. The summed E-state index contributed by atoms with van der Waals surface area (Å²) >= 11 is 0. The number of amides is 1. The Morgan fingerprint density at radius 1 is 1.42 bits per heavy atom. The molecule has 2 unspecified atom stereocenters. The average Bonchev–Trinajstić information content (AvgIpc) is 2.77. The van der Waals surface area contributed by atoms with Gasteiger partial charge in [0.2, 0.25) is 5.91 Å². The van der Waals surface area contributed by atoms with E-state index < -0.39 is 0 Å². The standard InChI is InChI=1S/C14H21N3O2/c1-9-6-10(17(2)3)4-5-13(9)16-14(18)11-7-19-8-12(11)15/h4-6,11-12H,7-8,15H2,1-3H3,(H,16,18). The summed E-state index contributed by atoms with van der Waals surface area (Å²) in [5, 5.41) is 2.93. The summed E-state index contributed by atoms with van der Waals surface area (Å²) in [6.45, 7) is 2.84. The largest absolute Gasteiger partial charge is 0.379 e. The van der Waals surface area contributed by atoms with Gasteiger partial charge in [0.1, 0.15) is 0 Å². The van der Waals surface area contributed by atoms with Crippen molar-refractivity contribution in [2.45, 2.75) is 13.0 Å². The second-order valence-corrected chi connectivity index (χ2v) is 5.19. The van der Waals surface area contributed by atoms with Gasteiger partial charge < -0.3 is 20.7 Å². The lowest BCUT2D eigenvalue weighted by atomic mass is 10.0. The summed E-state index contributed by atoms with van der Waals surface area (Å²) < 4.78 is 5.22. The number of hydrogen-bond donors (Lipinski definition) is 2. The molecule has 0 saturated carbocycles. The van der Waals surface area contributed by atoms with Gasteiger partial charge in [-0.3, -0.25) is 4.79 Å². The van der Waals surface area contributed by atoms with Crippen LogP contribution in [0.1, 0.15) is 5.56 Å². The molecular weight excluding hydrogens is 242 g/mol. The van der Waals surface area contributed by atoms with Crippen LogP contribution in [0.4, 0.5) is 11.4 Å². The van der Waals surface area contributed by atoms with Gasteiger partial charge in [0.05, 0.1) is 19.1 Å². The molecule has 1 aliphatic heterocycles. The summed E-state index contributed by atoms with van der Waals surface area (Å²) in [5.74, 6) is -0.321. The van der Waals surface area contributed by atoms with Crippen molar-refractivity contribution in [3.63, 3.8) is 0 Å². The van der Waals surface area contributed by atoms with E-state index in [1.54, 1.807) is 0 Å². The number of carbonyl (C=O) groups is 1. The van der Waals surface area contributed by atoms with Gasteiger partial charge >= 0.3 is 0 Å². The third-order valence-corrected chi connectivity index (χ3v) is 3.45. The van der Waals surface area contributed by atoms with Crippen molar-refractivity contribution in [3.8, 4) is 0 Å². The van der Waals surface area contributed by atoms with Crippen LogP contribution in [0.3, 0.4) is 0 Å². The number of nitrogens with two attached hydrogens (primary N) is 1. The molecule has 1 heterocycles. The zero-order valence-electron chi connectivity index (χ0n) is 11.6. The number of hydrogen-bond acceptors (Lipinski definition) is 4. The Morgan fingerprint density at radius 3 is 2.68 bits per heavy atom. The molecule has 1 fully saturated rings. The van der Waals surface area contributed by atoms with Gasteiger partial charge in [-0.15, -0.1) is 0 Å². The van der Waals surface area contributed by atoms with Crippen LogP contribution in [0.15, 0.2) is 18.2 Å². The van der Waals surface area contributed by atoms with Crippen LogP contribution in [-0.2, 0) is 9.53 Å². The zero-order valence-corrected chi connectivity index (χ0v) is 11.6. The highest BCUT2D eigenvalue weighted by Gasteiger charge is 2.31. The van der Waals surface area contributed by atoms with Gasteiger partial charge in [-0.2, -0.15) is 0 Å². The Labute approximate surface area is 113 Å². The number of benzene rings is 1. The van der Waals surface area contributed by atoms with E-state index in [9.17, 15) is 4.79 Å². The van der Waals surface area contributed by atoms with Crippen LogP contribution in [0.5, 0.6) is 0 Å². The molecule has 0 bridgehead atoms. The lowest BCUT2D eigenvalue weighted by molar-refractivity contribution is -0.120. The van der Waals surface area contributed by atoms with Crippen molar-refractivity contribution in [1.29, 1.82) is 0 Å². The number of rotatable bonds is 3. The van der Waals surface area contributed by atoms with Crippen molar-refractivity contribution in [2.24, 2.45) is 11.7 Å². The van der Waals surface area contributed by atoms with Gasteiger partial charge in [0.25, 0.3) is 0 Å². The molecule has 0 aliphatic carbocycles. The van der Waals surface area contributed by atoms with Gasteiger partial charge in [-0.1, -0.05) is 0 Å². The molecule has 5 nitrogen and oxygen atoms in total. The third kappa shape index (κ3) is 3.05. The number of carbonyl (C=O) groups excluding carboxylic acids is 1. The molecule has 1 aromatic carbocycles. The first-order valence-electron chi connectivity index (χ1n) is 6.41. The topological polar surface area (TPSA) is 67.6 Å². The van der Waals surface area contributed by atoms with E-state index in [-0.39, 0.29) is 17.9 Å². The van der Waals surface area contributed by atoms with Gasteiger partial charge in [-0.05, 0) is 30.7 Å². The molecule has 104 valence electrons. The van der Waals surface area contributed by atoms with Crippen LogP contribution in [0.25, 0.3) is 0 Å². The Morgan fingerprint density at radius 2 is 2.16 bits per heavy atom. The van der Waals surface area contributed by atoms with Crippen molar-refractivity contribution in [1.82, 2.24) is 0 Å². The molecule has 1 aliphatic rings. The number of nitrogens with zero attached hydrogens (tertiary/aromatic N) is 1. The minimum atomic E-state index is -0.257. The molecule has 5 heteroatoms. The van der Waals surface area contributed by atoms with E-state index in [0.717, 1.165) is 16.9 Å². The fourth-order valence-corrected chi connectivity index (χ4v) is 2.13. The monoisotopic (exact) mass is 263 g/mol. The highest BCUT2D eigenvalue weighted by molar-refractivity contribution is 5.94. The smallest absolute Gasteiger partial charge is 0.231 e. The average molecular weight is 263 g/mol. The molecule has 2 atom stereocenters. The maximum Gasteiger partial charge on any atom is 0.231 e. The number of nitrogens with one attached hydrogen (secondary N) is 1. The summed E-state index contributed by atoms with van der Waals surface area (Å²) in [4.78, 5) is 14.1. The first-order valence-corrected chi connectivity index (χ1v) is 6.41. The van der Waals surface area contributed by atoms with Crippen molar-refractivity contribution in [3.05, 3.63) is 23.8 Å². The summed E-state index contributed by atoms with van der Waals surface area (Å²) in [6.07, 6.45) is 0. The Balaban J connectivity index is 2.09. The maximum absolute atomic E-state index is 12.1. The van der Waals surface area contributed by atoms with E-state index in [0.29, 0.717) is 13.2 Å². The van der Waals surface area contributed by atoms with Crippen LogP contribution < -0.4 is 16.0 Å². The van der Waals surface area contributed by atoms with E-state index in [4.69, 9.17) is 10.5 Å². The highest BCUT2D eigenvalue weighted by Crippen LogP contribution is 2.23. The predicted octanol–water partition coefficient (Wildman–Crippen LogP) is 0.973. The molecule has 19 heavy (non-hydrogen) atoms. The van der Waals surface area contributed by atoms with E-state index in [1.165, 1.54) is 0 Å². The second-order valence-electron chi connectivity index (χ2n) is 5.19. The summed E-state index contributed by atoms with van der Waals surface area (Å²) in [5.41, 5.74) is 8.81. The first-order chi connectivity index (χ1) is 8.99. The highest BCUT2D eigenvalue weighted by atomic mass is 16.5. The fraction of sp³-hybridized carbons (Fsp3) is 0.500. The molecule has 0 aromatic heterocycles. The molecule has 1 saturated heterocycles. The van der Waals surface area contributed by atoms with Crippen LogP contribution in [0.2, 0.25) is 0 Å². The van der Waals surface area contributed by atoms with Crippen molar-refractivity contribution in [2.75, 3.05) is 37.5 Å². The van der Waals surface area contributed by atoms with Crippen LogP contribution in [0, 0.1) is 12.8 Å². The number of aryl methyl sites for hydroxylation is 1. The van der Waals surface area contributed by atoms with Crippen molar-refractivity contribution < 1.29 is 9.53 Å². The molecule has 0 radical (unpaired) electrons. The molecule has 1 aromatic rings. The van der Waals surface area contributed by atoms with Crippen LogP contribution >= 0.6 is 0 Å². The minimum absolute atomic E-state index is 0.0642. The lowest BCUT2D eigenvalue weighted by Crippen LogP contribution is -2.37. The number of anilines is 2. The molecule has 0 spiro atoms. The second kappa shape index (κ2) is 5.59. The van der Waals surface area contributed by atoms with Crippen LogP contribution in [-0.4, -0.2) is 39.3 Å². The third-order valence-electron chi connectivity index (χ3n) is 3.45. The summed E-state index contributed by atoms with van der Waals surface area (Å²) in [7, 11) is 3.98. The predicted molar refractivity (Wildman–Crippen MR) is 76.4 cm³/mol. The Hall–Kier alpha value is -1.59. The first kappa shape index (κ1) is 13.8. The maximum atomic E-state index is 12.1. The van der Waals surface area contributed by atoms with E-state index >= 15 is 0 Å². The molecule has 3 N–H and O–H groups in total. The van der Waals surface area contributed by atoms with Gasteiger partial charge in [0.15, 0.2) is 0 Å². The van der Waals surface area contributed by atoms with E-state index in [1.807, 2.05) is 44.1 Å². The van der Waals surface area contributed by atoms with Gasteiger partial charge in [0, 0.05) is 31.5 Å². The number of ether oxygens (including phenoxy) is 1. The minimum Gasteiger partial charge on any atom is -0.379 e. The zero-order chi connectivity index (χ0) is 14.0. The normalized spacial score (nSPS) is 22.3. The Bertz CT molecular complexity index is 474. The molecule has 2 rings (SSSR count). The SMILES string of the molecule is Cc1cc(N(C)C)ccc1NC(=O)C1COCC1N. The van der Waals surface area contributed by atoms with Gasteiger partial charge in [-0.25, -0.2) is 0 Å². The lowest BCUT2D eigenvalue weighted by Gasteiger charge is -2.17.